The van der Waals surface area contributed by atoms with E-state index in [-0.39, 0.29) is 11.5 Å². The lowest BCUT2D eigenvalue weighted by atomic mass is 10.1. The highest BCUT2D eigenvalue weighted by Crippen LogP contribution is 2.32. The van der Waals surface area contributed by atoms with Gasteiger partial charge in [0.15, 0.2) is 0 Å². The van der Waals surface area contributed by atoms with Crippen LogP contribution in [0.25, 0.3) is 22.2 Å². The van der Waals surface area contributed by atoms with E-state index in [1.807, 2.05) is 29.1 Å². The molecule has 1 aliphatic heterocycles. The van der Waals surface area contributed by atoms with Crippen molar-refractivity contribution >= 4 is 22.5 Å². The molecule has 1 saturated heterocycles. The topological polar surface area (TPSA) is 62.1 Å². The van der Waals surface area contributed by atoms with Crippen molar-refractivity contribution in [1.82, 2.24) is 19.7 Å². The van der Waals surface area contributed by atoms with E-state index in [0.29, 0.717) is 11.3 Å². The van der Waals surface area contributed by atoms with Gasteiger partial charge in [0.2, 0.25) is 5.28 Å². The quantitative estimate of drug-likeness (QED) is 0.675. The van der Waals surface area contributed by atoms with E-state index >= 15 is 0 Å². The summed E-state index contributed by atoms with van der Waals surface area (Å²) in [5.74, 6) is 0.668. The fourth-order valence-electron chi connectivity index (χ4n) is 3.03. The van der Waals surface area contributed by atoms with Crippen LogP contribution in [0.2, 0.25) is 5.28 Å². The summed E-state index contributed by atoms with van der Waals surface area (Å²) in [6.45, 7) is 0.777. The Hall–Kier alpha value is -2.18. The van der Waals surface area contributed by atoms with Crippen molar-refractivity contribution in [1.29, 1.82) is 0 Å². The third-order valence-electron chi connectivity index (χ3n) is 4.21. The Bertz CT molecular complexity index is 874. The summed E-state index contributed by atoms with van der Waals surface area (Å²) in [5.41, 5.74) is 2.31. The van der Waals surface area contributed by atoms with Gasteiger partial charge in [-0.15, -0.1) is 0 Å². The van der Waals surface area contributed by atoms with E-state index in [4.69, 9.17) is 21.1 Å². The zero-order valence-electron chi connectivity index (χ0n) is 13.3. The number of nitrogens with zero attached hydrogens (tertiary/aromatic N) is 4. The van der Waals surface area contributed by atoms with Gasteiger partial charge in [-0.3, -0.25) is 0 Å². The van der Waals surface area contributed by atoms with Crippen LogP contribution in [0.5, 0.6) is 5.75 Å². The molecular weight excluding hydrogens is 328 g/mol. The standard InChI is InChI=1S/C17H17ClN4O2/c1-23-13-6-4-5-12-15(20-17(18)21-16(12)13)11-9-19-22(10-11)14-7-2-3-8-24-14/h4-6,9-10,14H,2-3,7-8H2,1H3. The van der Waals surface area contributed by atoms with Gasteiger partial charge in [0.05, 0.1) is 19.0 Å². The summed E-state index contributed by atoms with van der Waals surface area (Å²) in [6, 6.07) is 5.73. The fraction of sp³-hybridized carbons (Fsp3) is 0.353. The summed E-state index contributed by atoms with van der Waals surface area (Å²) in [4.78, 5) is 8.72. The van der Waals surface area contributed by atoms with Gasteiger partial charge in [-0.1, -0.05) is 12.1 Å². The van der Waals surface area contributed by atoms with E-state index in [1.54, 1.807) is 13.3 Å². The third-order valence-corrected chi connectivity index (χ3v) is 4.38. The molecule has 1 unspecified atom stereocenters. The summed E-state index contributed by atoms with van der Waals surface area (Å²) in [7, 11) is 1.61. The minimum atomic E-state index is -0.00869. The van der Waals surface area contributed by atoms with Crippen LogP contribution in [0.15, 0.2) is 30.6 Å². The molecule has 4 rings (SSSR count). The van der Waals surface area contributed by atoms with Crippen molar-refractivity contribution in [2.75, 3.05) is 13.7 Å². The Kier molecular flexibility index (Phi) is 4.08. The molecule has 1 aromatic carbocycles. The molecular formula is C17H17ClN4O2. The highest BCUT2D eigenvalue weighted by Gasteiger charge is 2.19. The fourth-order valence-corrected chi connectivity index (χ4v) is 3.20. The molecule has 6 nitrogen and oxygen atoms in total. The van der Waals surface area contributed by atoms with E-state index in [2.05, 4.69) is 15.1 Å². The molecule has 0 radical (unpaired) electrons. The molecule has 0 aliphatic carbocycles. The molecule has 0 spiro atoms. The van der Waals surface area contributed by atoms with Gasteiger partial charge in [0.1, 0.15) is 17.5 Å². The van der Waals surface area contributed by atoms with Gasteiger partial charge >= 0.3 is 0 Å². The van der Waals surface area contributed by atoms with Gasteiger partial charge in [-0.05, 0) is 36.9 Å². The zero-order chi connectivity index (χ0) is 16.5. The molecule has 0 bridgehead atoms. The Morgan fingerprint density at radius 3 is 3.00 bits per heavy atom. The smallest absolute Gasteiger partial charge is 0.223 e. The monoisotopic (exact) mass is 344 g/mol. The Balaban J connectivity index is 1.80. The Labute approximate surface area is 144 Å². The molecule has 0 amide bonds. The lowest BCUT2D eigenvalue weighted by Crippen LogP contribution is -2.18. The Morgan fingerprint density at radius 2 is 2.21 bits per heavy atom. The zero-order valence-corrected chi connectivity index (χ0v) is 14.0. The van der Waals surface area contributed by atoms with Crippen LogP contribution in [-0.4, -0.2) is 33.5 Å². The summed E-state index contributed by atoms with van der Waals surface area (Å²) >= 11 is 6.13. The number of ether oxygens (including phenoxy) is 2. The van der Waals surface area contributed by atoms with Crippen LogP contribution in [0.1, 0.15) is 25.5 Å². The number of methoxy groups -OCH3 is 1. The van der Waals surface area contributed by atoms with Crippen LogP contribution in [0.3, 0.4) is 0 Å². The average molecular weight is 345 g/mol. The van der Waals surface area contributed by atoms with Crippen LogP contribution >= 0.6 is 11.6 Å². The van der Waals surface area contributed by atoms with Crippen molar-refractivity contribution in [2.45, 2.75) is 25.5 Å². The molecule has 0 N–H and O–H groups in total. The van der Waals surface area contributed by atoms with Gasteiger partial charge in [-0.25, -0.2) is 14.6 Å². The predicted molar refractivity (Wildman–Crippen MR) is 91.2 cm³/mol. The number of aromatic nitrogens is 4. The molecule has 1 fully saturated rings. The van der Waals surface area contributed by atoms with Crippen molar-refractivity contribution in [3.63, 3.8) is 0 Å². The predicted octanol–water partition coefficient (Wildman–Crippen LogP) is 3.85. The Morgan fingerprint density at radius 1 is 1.29 bits per heavy atom. The number of benzene rings is 1. The van der Waals surface area contributed by atoms with E-state index < -0.39 is 0 Å². The molecule has 124 valence electrons. The number of halogens is 1. The van der Waals surface area contributed by atoms with Gasteiger partial charge in [0, 0.05) is 23.8 Å². The minimum absolute atomic E-state index is 0.00869. The van der Waals surface area contributed by atoms with Crippen LogP contribution in [0.4, 0.5) is 0 Å². The normalized spacial score (nSPS) is 18.0. The summed E-state index contributed by atoms with van der Waals surface area (Å²) in [5, 5.41) is 5.51. The van der Waals surface area contributed by atoms with E-state index in [9.17, 15) is 0 Å². The maximum Gasteiger partial charge on any atom is 0.223 e. The van der Waals surface area contributed by atoms with Crippen molar-refractivity contribution in [2.24, 2.45) is 0 Å². The number of hydrogen-bond donors (Lipinski definition) is 0. The largest absolute Gasteiger partial charge is 0.494 e. The first-order chi connectivity index (χ1) is 11.8. The molecule has 2 aromatic heterocycles. The van der Waals surface area contributed by atoms with Crippen LogP contribution in [0, 0.1) is 0 Å². The molecule has 1 aliphatic rings. The maximum absolute atomic E-state index is 6.13. The molecule has 0 saturated carbocycles. The van der Waals surface area contributed by atoms with Gasteiger partial charge < -0.3 is 9.47 Å². The van der Waals surface area contributed by atoms with Gasteiger partial charge in [-0.2, -0.15) is 5.10 Å². The molecule has 24 heavy (non-hydrogen) atoms. The molecule has 3 heterocycles. The number of hydrogen-bond acceptors (Lipinski definition) is 5. The van der Waals surface area contributed by atoms with Crippen LogP contribution in [-0.2, 0) is 4.74 Å². The van der Waals surface area contributed by atoms with Crippen molar-refractivity contribution < 1.29 is 9.47 Å². The SMILES string of the molecule is COc1cccc2c(-c3cnn(C4CCCCO4)c3)nc(Cl)nc12. The second kappa shape index (κ2) is 6.37. The maximum atomic E-state index is 6.13. The highest BCUT2D eigenvalue weighted by atomic mass is 35.5. The van der Waals surface area contributed by atoms with E-state index in [1.165, 1.54) is 0 Å². The van der Waals surface area contributed by atoms with Crippen molar-refractivity contribution in [3.05, 3.63) is 35.9 Å². The lowest BCUT2D eigenvalue weighted by Gasteiger charge is -2.22. The number of rotatable bonds is 3. The first kappa shape index (κ1) is 15.4. The van der Waals surface area contributed by atoms with Crippen LogP contribution < -0.4 is 4.74 Å². The lowest BCUT2D eigenvalue weighted by molar-refractivity contribution is -0.0394. The number of para-hydroxylation sites is 1. The first-order valence-electron chi connectivity index (χ1n) is 7.92. The first-order valence-corrected chi connectivity index (χ1v) is 8.30. The molecule has 3 aromatic rings. The average Bonchev–Trinajstić information content (AvgIpc) is 3.11. The van der Waals surface area contributed by atoms with Gasteiger partial charge in [0.25, 0.3) is 0 Å². The number of fused-ring (bicyclic) bond motifs is 1. The second-order valence-corrected chi connectivity index (χ2v) is 6.07. The summed E-state index contributed by atoms with van der Waals surface area (Å²) < 4.78 is 13.0. The third kappa shape index (κ3) is 2.72. The summed E-state index contributed by atoms with van der Waals surface area (Å²) in [6.07, 6.45) is 6.96. The molecule has 1 atom stereocenters. The minimum Gasteiger partial charge on any atom is -0.494 e. The highest BCUT2D eigenvalue weighted by molar-refractivity contribution is 6.29. The molecule has 7 heteroatoms. The van der Waals surface area contributed by atoms with E-state index in [0.717, 1.165) is 42.5 Å². The second-order valence-electron chi connectivity index (χ2n) is 5.73. The van der Waals surface area contributed by atoms with Crippen molar-refractivity contribution in [3.8, 4) is 17.0 Å².